The van der Waals surface area contributed by atoms with E-state index in [1.165, 1.54) is 9.69 Å². The number of ether oxygens (including phenoxy) is 1. The monoisotopic (exact) mass is 632 g/mol. The van der Waals surface area contributed by atoms with Crippen molar-refractivity contribution in [1.29, 1.82) is 0 Å². The Bertz CT molecular complexity index is 1850. The lowest BCUT2D eigenvalue weighted by molar-refractivity contribution is 0.0696. The second kappa shape index (κ2) is 15.7. The number of carbonyl (C=O) groups is 2. The number of aryl methyl sites for hydroxylation is 1. The van der Waals surface area contributed by atoms with E-state index in [1.807, 2.05) is 79.7 Å². The van der Waals surface area contributed by atoms with Gasteiger partial charge in [-0.25, -0.2) is 19.6 Å². The van der Waals surface area contributed by atoms with E-state index in [1.54, 1.807) is 35.2 Å². The second-order valence-corrected chi connectivity index (χ2v) is 11.4. The molecule has 4 aromatic carbocycles. The van der Waals surface area contributed by atoms with Crippen molar-refractivity contribution in [3.05, 3.63) is 142 Å². The van der Waals surface area contributed by atoms with E-state index in [0.29, 0.717) is 48.4 Å². The van der Waals surface area contributed by atoms with Crippen LogP contribution in [0.2, 0.25) is 0 Å². The van der Waals surface area contributed by atoms with Crippen LogP contribution in [0.4, 0.5) is 4.79 Å². The fraction of sp³-hybridized carbons (Fsp3) is 0.263. The van der Waals surface area contributed by atoms with Crippen LogP contribution in [0.15, 0.2) is 108 Å². The lowest BCUT2D eigenvalue weighted by Gasteiger charge is -2.32. The molecule has 5 rings (SSSR count). The zero-order valence-electron chi connectivity index (χ0n) is 26.8. The molecule has 0 aliphatic rings. The number of unbranched alkanes of at least 4 members (excludes halogenated alkanes) is 1. The first-order valence-electron chi connectivity index (χ1n) is 16.0. The molecule has 2 amide bonds. The molecule has 0 unspecified atom stereocenters. The number of fused-ring (bicyclic) bond motifs is 1. The first kappa shape index (κ1) is 32.9. The van der Waals surface area contributed by atoms with Gasteiger partial charge in [0, 0.05) is 19.5 Å². The minimum atomic E-state index is -0.974. The van der Waals surface area contributed by atoms with Gasteiger partial charge in [0.15, 0.2) is 0 Å². The SMILES string of the molecule is CCCCc1nc2ccccc2c(=O)n1N(Cc1ccc(OCc2ccc(C(=O)O)cc2)cc1)C(=O)N(CC)CCc1ccccc1. The number of carbonyl (C=O) groups excluding carboxylic acids is 1. The van der Waals surface area contributed by atoms with Gasteiger partial charge in [0.1, 0.15) is 18.2 Å². The van der Waals surface area contributed by atoms with Crippen LogP contribution in [-0.2, 0) is 26.0 Å². The van der Waals surface area contributed by atoms with Crippen molar-refractivity contribution in [2.24, 2.45) is 0 Å². The number of hydrogen-bond donors (Lipinski definition) is 1. The van der Waals surface area contributed by atoms with E-state index in [0.717, 1.165) is 29.5 Å². The predicted octanol–water partition coefficient (Wildman–Crippen LogP) is 6.84. The van der Waals surface area contributed by atoms with Crippen LogP contribution >= 0.6 is 0 Å². The van der Waals surface area contributed by atoms with Gasteiger partial charge >= 0.3 is 12.0 Å². The number of aromatic carboxylic acids is 1. The van der Waals surface area contributed by atoms with Gasteiger partial charge in [-0.05, 0) is 72.9 Å². The number of likely N-dealkylation sites (N-methyl/N-ethyl adjacent to an activating group) is 1. The van der Waals surface area contributed by atoms with E-state index in [9.17, 15) is 14.4 Å². The average Bonchev–Trinajstić information content (AvgIpc) is 3.10. The maximum Gasteiger partial charge on any atom is 0.339 e. The third-order valence-corrected chi connectivity index (χ3v) is 8.06. The number of amides is 2. The number of urea groups is 1. The fourth-order valence-corrected chi connectivity index (χ4v) is 5.37. The van der Waals surface area contributed by atoms with Crippen LogP contribution in [0.1, 0.15) is 59.6 Å². The largest absolute Gasteiger partial charge is 0.489 e. The maximum atomic E-state index is 14.4. The summed E-state index contributed by atoms with van der Waals surface area (Å²) in [6.45, 7) is 5.43. The highest BCUT2D eigenvalue weighted by atomic mass is 16.5. The number of carboxylic acid groups (broad SMARTS) is 1. The van der Waals surface area contributed by atoms with Gasteiger partial charge in [-0.15, -0.1) is 0 Å². The zero-order valence-corrected chi connectivity index (χ0v) is 26.8. The van der Waals surface area contributed by atoms with Crippen LogP contribution in [0.5, 0.6) is 5.75 Å². The Morgan fingerprint density at radius 3 is 2.17 bits per heavy atom. The lowest BCUT2D eigenvalue weighted by Crippen LogP contribution is -2.53. The molecule has 0 aliphatic carbocycles. The molecule has 0 atom stereocenters. The first-order valence-corrected chi connectivity index (χ1v) is 16.0. The molecule has 0 saturated carbocycles. The van der Waals surface area contributed by atoms with Crippen LogP contribution < -0.4 is 15.3 Å². The third kappa shape index (κ3) is 8.24. The molecule has 0 spiro atoms. The smallest absolute Gasteiger partial charge is 0.339 e. The van der Waals surface area contributed by atoms with Gasteiger partial charge in [-0.1, -0.05) is 80.1 Å². The summed E-state index contributed by atoms with van der Waals surface area (Å²) >= 11 is 0. The van der Waals surface area contributed by atoms with Crippen LogP contribution in [0.3, 0.4) is 0 Å². The molecule has 0 saturated heterocycles. The van der Waals surface area contributed by atoms with Gasteiger partial charge < -0.3 is 14.7 Å². The average molecular weight is 633 g/mol. The summed E-state index contributed by atoms with van der Waals surface area (Å²) in [5.41, 5.74) is 3.35. The molecule has 0 radical (unpaired) electrons. The highest BCUT2D eigenvalue weighted by molar-refractivity contribution is 5.87. The number of benzene rings is 4. The maximum absolute atomic E-state index is 14.4. The highest BCUT2D eigenvalue weighted by Crippen LogP contribution is 2.18. The van der Waals surface area contributed by atoms with E-state index in [2.05, 4.69) is 6.92 Å². The van der Waals surface area contributed by atoms with Crippen molar-refractivity contribution in [1.82, 2.24) is 14.6 Å². The number of rotatable bonds is 14. The molecular weight excluding hydrogens is 592 g/mol. The van der Waals surface area contributed by atoms with Crippen LogP contribution in [-0.4, -0.2) is 44.8 Å². The molecule has 0 aliphatic heterocycles. The molecule has 242 valence electrons. The molecule has 1 aromatic heterocycles. The van der Waals surface area contributed by atoms with Crippen molar-refractivity contribution in [2.75, 3.05) is 18.1 Å². The van der Waals surface area contributed by atoms with Crippen molar-refractivity contribution >= 4 is 22.9 Å². The minimum absolute atomic E-state index is 0.149. The Hall–Kier alpha value is -5.44. The molecule has 9 heteroatoms. The van der Waals surface area contributed by atoms with E-state index >= 15 is 0 Å². The molecular formula is C38H40N4O5. The minimum Gasteiger partial charge on any atom is -0.489 e. The molecule has 1 N–H and O–H groups in total. The molecule has 47 heavy (non-hydrogen) atoms. The van der Waals surface area contributed by atoms with Crippen LogP contribution in [0, 0.1) is 0 Å². The normalized spacial score (nSPS) is 10.9. The highest BCUT2D eigenvalue weighted by Gasteiger charge is 2.26. The van der Waals surface area contributed by atoms with Gasteiger partial charge in [0.05, 0.1) is 23.0 Å². The standard InChI is InChI=1S/C38H40N4O5/c1-3-5-15-35-39-34-14-10-9-13-33(34)36(43)42(35)41(38(46)40(4-2)25-24-28-11-7-6-8-12-28)26-29-18-22-32(23-19-29)47-27-30-16-20-31(21-17-30)37(44)45/h6-14,16-23H,3-5,15,24-27H2,1-2H3,(H,44,45). The van der Waals surface area contributed by atoms with Gasteiger partial charge in [0.2, 0.25) is 0 Å². The van der Waals surface area contributed by atoms with E-state index in [4.69, 9.17) is 14.8 Å². The Balaban J connectivity index is 1.44. The predicted molar refractivity (Wildman–Crippen MR) is 184 cm³/mol. The van der Waals surface area contributed by atoms with E-state index < -0.39 is 5.97 Å². The molecule has 0 fully saturated rings. The lowest BCUT2D eigenvalue weighted by atomic mass is 10.1. The number of nitrogens with zero attached hydrogens (tertiary/aromatic N) is 4. The second-order valence-electron chi connectivity index (χ2n) is 11.4. The summed E-state index contributed by atoms with van der Waals surface area (Å²) in [6, 6.07) is 31.0. The summed E-state index contributed by atoms with van der Waals surface area (Å²) in [5, 5.41) is 11.1. The van der Waals surface area contributed by atoms with E-state index in [-0.39, 0.29) is 30.3 Å². The number of hydrogen-bond acceptors (Lipinski definition) is 5. The Morgan fingerprint density at radius 2 is 1.49 bits per heavy atom. The van der Waals surface area contributed by atoms with Crippen LogP contribution in [0.25, 0.3) is 10.9 Å². The Morgan fingerprint density at radius 1 is 0.809 bits per heavy atom. The molecule has 5 aromatic rings. The quantitative estimate of drug-likeness (QED) is 0.144. The third-order valence-electron chi connectivity index (χ3n) is 8.06. The molecule has 0 bridgehead atoms. The molecule has 9 nitrogen and oxygen atoms in total. The van der Waals surface area contributed by atoms with Crippen molar-refractivity contribution in [2.45, 2.75) is 52.7 Å². The van der Waals surface area contributed by atoms with Gasteiger partial charge in [-0.3, -0.25) is 4.79 Å². The van der Waals surface area contributed by atoms with Crippen molar-refractivity contribution in [3.8, 4) is 5.75 Å². The number of aromatic nitrogens is 2. The Kier molecular flexibility index (Phi) is 11.0. The number of para-hydroxylation sites is 1. The molecule has 1 heterocycles. The van der Waals surface area contributed by atoms with Crippen molar-refractivity contribution in [3.63, 3.8) is 0 Å². The Labute approximate surface area is 274 Å². The van der Waals surface area contributed by atoms with Gasteiger partial charge in [-0.2, -0.15) is 4.68 Å². The topological polar surface area (TPSA) is 105 Å². The summed E-state index contributed by atoms with van der Waals surface area (Å²) in [7, 11) is 0. The summed E-state index contributed by atoms with van der Waals surface area (Å²) in [6.07, 6.45) is 2.98. The van der Waals surface area contributed by atoms with Crippen molar-refractivity contribution < 1.29 is 19.4 Å². The zero-order chi connectivity index (χ0) is 33.2. The van der Waals surface area contributed by atoms with Gasteiger partial charge in [0.25, 0.3) is 5.56 Å². The summed E-state index contributed by atoms with van der Waals surface area (Å²) in [4.78, 5) is 46.3. The number of carboxylic acids is 1. The first-order chi connectivity index (χ1) is 22.9. The summed E-state index contributed by atoms with van der Waals surface area (Å²) < 4.78 is 7.43. The summed E-state index contributed by atoms with van der Waals surface area (Å²) in [5.74, 6) is 0.204. The fourth-order valence-electron chi connectivity index (χ4n) is 5.37.